The maximum absolute atomic E-state index is 12.1. The van der Waals surface area contributed by atoms with E-state index in [-0.39, 0.29) is 24.4 Å². The van der Waals surface area contributed by atoms with Gasteiger partial charge in [-0.25, -0.2) is 0 Å². The summed E-state index contributed by atoms with van der Waals surface area (Å²) in [5, 5.41) is 6.12. The Kier molecular flexibility index (Phi) is 6.13. The molecule has 0 radical (unpaired) electrons. The Labute approximate surface area is 143 Å². The summed E-state index contributed by atoms with van der Waals surface area (Å²) in [6.45, 7) is 5.81. The predicted octanol–water partition coefficient (Wildman–Crippen LogP) is 2.77. The molecule has 1 atom stereocenters. The fourth-order valence-electron chi connectivity index (χ4n) is 2.72. The van der Waals surface area contributed by atoms with Crippen LogP contribution >= 0.6 is 12.4 Å². The van der Waals surface area contributed by atoms with E-state index in [0.717, 1.165) is 35.9 Å². The number of amides is 1. The molecule has 2 N–H and O–H groups in total. The SMILES string of the molecule is CCOc1cc2c(cc1NC(=O)CNCC1CC1)OC(C)C2.Cl. The van der Waals surface area contributed by atoms with E-state index < -0.39 is 0 Å². The molecule has 1 aromatic carbocycles. The average molecular weight is 341 g/mol. The summed E-state index contributed by atoms with van der Waals surface area (Å²) < 4.78 is 11.4. The highest BCUT2D eigenvalue weighted by atomic mass is 35.5. The van der Waals surface area contributed by atoms with Gasteiger partial charge in [-0.3, -0.25) is 4.79 Å². The minimum absolute atomic E-state index is 0. The van der Waals surface area contributed by atoms with Gasteiger partial charge in [0.1, 0.15) is 17.6 Å². The molecule has 23 heavy (non-hydrogen) atoms. The Bertz CT molecular complexity index is 561. The molecule has 0 spiro atoms. The zero-order valence-electron chi connectivity index (χ0n) is 13.7. The minimum atomic E-state index is -0.0485. The summed E-state index contributed by atoms with van der Waals surface area (Å²) in [7, 11) is 0. The van der Waals surface area contributed by atoms with Gasteiger partial charge in [-0.05, 0) is 45.2 Å². The first kappa shape index (κ1) is 17.9. The average Bonchev–Trinajstić information content (AvgIpc) is 3.21. The third kappa shape index (κ3) is 4.75. The van der Waals surface area contributed by atoms with Crippen molar-refractivity contribution < 1.29 is 14.3 Å². The number of anilines is 1. The van der Waals surface area contributed by atoms with Crippen molar-refractivity contribution in [3.63, 3.8) is 0 Å². The molecule has 2 aliphatic rings. The zero-order chi connectivity index (χ0) is 15.5. The number of carbonyl (C=O) groups is 1. The van der Waals surface area contributed by atoms with E-state index in [4.69, 9.17) is 9.47 Å². The largest absolute Gasteiger partial charge is 0.492 e. The van der Waals surface area contributed by atoms with Crippen LogP contribution in [0, 0.1) is 5.92 Å². The van der Waals surface area contributed by atoms with Crippen molar-refractivity contribution in [2.45, 2.75) is 39.2 Å². The van der Waals surface area contributed by atoms with E-state index in [1.807, 2.05) is 26.0 Å². The lowest BCUT2D eigenvalue weighted by atomic mass is 10.1. The molecule has 1 unspecified atom stereocenters. The number of hydrogen-bond acceptors (Lipinski definition) is 4. The van der Waals surface area contributed by atoms with Crippen LogP contribution in [0.25, 0.3) is 0 Å². The van der Waals surface area contributed by atoms with Gasteiger partial charge >= 0.3 is 0 Å². The smallest absolute Gasteiger partial charge is 0.238 e. The van der Waals surface area contributed by atoms with Crippen molar-refractivity contribution >= 4 is 24.0 Å². The van der Waals surface area contributed by atoms with E-state index >= 15 is 0 Å². The van der Waals surface area contributed by atoms with Gasteiger partial charge < -0.3 is 20.1 Å². The monoisotopic (exact) mass is 340 g/mol. The van der Waals surface area contributed by atoms with Crippen molar-refractivity contribution in [1.82, 2.24) is 5.32 Å². The maximum Gasteiger partial charge on any atom is 0.238 e. The number of nitrogens with one attached hydrogen (secondary N) is 2. The van der Waals surface area contributed by atoms with E-state index in [0.29, 0.717) is 18.8 Å². The van der Waals surface area contributed by atoms with E-state index in [1.165, 1.54) is 12.8 Å². The van der Waals surface area contributed by atoms with Crippen molar-refractivity contribution in [3.05, 3.63) is 17.7 Å². The van der Waals surface area contributed by atoms with Gasteiger partial charge in [0.2, 0.25) is 5.91 Å². The minimum Gasteiger partial charge on any atom is -0.492 e. The van der Waals surface area contributed by atoms with Crippen LogP contribution in [0.3, 0.4) is 0 Å². The van der Waals surface area contributed by atoms with Crippen molar-refractivity contribution in [1.29, 1.82) is 0 Å². The second kappa shape index (κ2) is 7.88. The van der Waals surface area contributed by atoms with Crippen LogP contribution in [-0.4, -0.2) is 31.7 Å². The topological polar surface area (TPSA) is 59.6 Å². The van der Waals surface area contributed by atoms with E-state index in [1.54, 1.807) is 0 Å². The van der Waals surface area contributed by atoms with E-state index in [9.17, 15) is 4.79 Å². The van der Waals surface area contributed by atoms with Crippen LogP contribution in [0.1, 0.15) is 32.3 Å². The Morgan fingerprint density at radius 1 is 1.39 bits per heavy atom. The number of ether oxygens (including phenoxy) is 2. The number of fused-ring (bicyclic) bond motifs is 1. The number of benzene rings is 1. The van der Waals surface area contributed by atoms with Gasteiger partial charge in [0.05, 0.1) is 18.8 Å². The zero-order valence-corrected chi connectivity index (χ0v) is 14.5. The molecule has 1 aliphatic heterocycles. The highest BCUT2D eigenvalue weighted by Gasteiger charge is 2.23. The molecule has 6 heteroatoms. The number of hydrogen-bond donors (Lipinski definition) is 2. The van der Waals surface area contributed by atoms with Gasteiger partial charge in [0.25, 0.3) is 0 Å². The Morgan fingerprint density at radius 3 is 2.87 bits per heavy atom. The van der Waals surface area contributed by atoms with Gasteiger partial charge in [-0.1, -0.05) is 0 Å². The van der Waals surface area contributed by atoms with Crippen LogP contribution < -0.4 is 20.1 Å². The molecule has 1 fully saturated rings. The van der Waals surface area contributed by atoms with Gasteiger partial charge in [0, 0.05) is 18.1 Å². The second-order valence-corrected chi connectivity index (χ2v) is 6.14. The second-order valence-electron chi connectivity index (χ2n) is 6.14. The molecule has 1 heterocycles. The molecule has 0 saturated heterocycles. The Morgan fingerprint density at radius 2 is 2.17 bits per heavy atom. The lowest BCUT2D eigenvalue weighted by Gasteiger charge is -2.14. The first-order valence-corrected chi connectivity index (χ1v) is 8.12. The molecule has 3 rings (SSSR count). The maximum atomic E-state index is 12.1. The number of halogens is 1. The van der Waals surface area contributed by atoms with Crippen LogP contribution in [0.5, 0.6) is 11.5 Å². The molecule has 1 aliphatic carbocycles. The lowest BCUT2D eigenvalue weighted by molar-refractivity contribution is -0.115. The third-order valence-electron chi connectivity index (χ3n) is 3.99. The summed E-state index contributed by atoms with van der Waals surface area (Å²) in [6.07, 6.45) is 3.62. The molecule has 128 valence electrons. The van der Waals surface area contributed by atoms with Crippen LogP contribution in [0.2, 0.25) is 0 Å². The van der Waals surface area contributed by atoms with Gasteiger partial charge in [-0.2, -0.15) is 0 Å². The number of rotatable bonds is 7. The third-order valence-corrected chi connectivity index (χ3v) is 3.99. The van der Waals surface area contributed by atoms with Crippen LogP contribution in [0.4, 0.5) is 5.69 Å². The van der Waals surface area contributed by atoms with Gasteiger partial charge in [-0.15, -0.1) is 12.4 Å². The van der Waals surface area contributed by atoms with Crippen molar-refractivity contribution in [2.24, 2.45) is 5.92 Å². The molecule has 5 nitrogen and oxygen atoms in total. The Hall–Kier alpha value is -1.46. The molecule has 0 aromatic heterocycles. The molecule has 1 aromatic rings. The quantitative estimate of drug-likeness (QED) is 0.801. The first-order valence-electron chi connectivity index (χ1n) is 8.12. The van der Waals surface area contributed by atoms with Gasteiger partial charge in [0.15, 0.2) is 0 Å². The van der Waals surface area contributed by atoms with Crippen molar-refractivity contribution in [3.8, 4) is 11.5 Å². The standard InChI is InChI=1S/C17H24N2O3.ClH/c1-3-21-16-7-13-6-11(2)22-15(13)8-14(16)19-17(20)10-18-9-12-4-5-12;/h7-8,11-12,18H,3-6,9-10H2,1-2H3,(H,19,20);1H. The lowest BCUT2D eigenvalue weighted by Crippen LogP contribution is -2.29. The van der Waals surface area contributed by atoms with Crippen LogP contribution in [-0.2, 0) is 11.2 Å². The summed E-state index contributed by atoms with van der Waals surface area (Å²) in [4.78, 5) is 12.1. The highest BCUT2D eigenvalue weighted by Crippen LogP contribution is 2.38. The predicted molar refractivity (Wildman–Crippen MR) is 92.9 cm³/mol. The molecule has 1 saturated carbocycles. The summed E-state index contributed by atoms with van der Waals surface area (Å²) in [6, 6.07) is 3.86. The molecular weight excluding hydrogens is 316 g/mol. The fourth-order valence-corrected chi connectivity index (χ4v) is 2.72. The molecular formula is C17H25ClN2O3. The van der Waals surface area contributed by atoms with E-state index in [2.05, 4.69) is 10.6 Å². The Balaban J connectivity index is 0.00000192. The summed E-state index contributed by atoms with van der Waals surface area (Å²) in [5.74, 6) is 2.28. The summed E-state index contributed by atoms with van der Waals surface area (Å²) in [5.41, 5.74) is 1.83. The molecule has 0 bridgehead atoms. The molecule has 1 amide bonds. The normalized spacial score (nSPS) is 18.6. The van der Waals surface area contributed by atoms with Crippen molar-refractivity contribution in [2.75, 3.05) is 25.0 Å². The fraction of sp³-hybridized carbons (Fsp3) is 0.588. The number of carbonyl (C=O) groups excluding carboxylic acids is 1. The highest BCUT2D eigenvalue weighted by molar-refractivity contribution is 5.94. The van der Waals surface area contributed by atoms with Crippen LogP contribution in [0.15, 0.2) is 12.1 Å². The summed E-state index contributed by atoms with van der Waals surface area (Å²) >= 11 is 0. The first-order chi connectivity index (χ1) is 10.7.